The first-order valence-electron chi connectivity index (χ1n) is 16.7. The number of phenols is 1. The van der Waals surface area contributed by atoms with Crippen molar-refractivity contribution < 1.29 is 29.4 Å². The lowest BCUT2D eigenvalue weighted by Gasteiger charge is -2.32. The molecule has 0 spiro atoms. The lowest BCUT2D eigenvalue weighted by atomic mass is 10.0. The van der Waals surface area contributed by atoms with Crippen LogP contribution in [0.2, 0.25) is 0 Å². The molecule has 2 atom stereocenters. The fourth-order valence-electron chi connectivity index (χ4n) is 5.97. The van der Waals surface area contributed by atoms with Crippen molar-refractivity contribution in [2.24, 2.45) is 5.73 Å². The molecule has 0 aliphatic carbocycles. The molecule has 1 aliphatic heterocycles. The van der Waals surface area contributed by atoms with Gasteiger partial charge in [-0.15, -0.1) is 0 Å². The Balaban J connectivity index is 1.76. The van der Waals surface area contributed by atoms with Crippen LogP contribution in [-0.4, -0.2) is 68.9 Å². The molecular weight excluding hydrogens is 546 g/mol. The van der Waals surface area contributed by atoms with Gasteiger partial charge in [0, 0.05) is 19.4 Å². The molecule has 242 valence electrons. The first-order valence-corrected chi connectivity index (χ1v) is 16.7. The van der Waals surface area contributed by atoms with Crippen molar-refractivity contribution in [2.75, 3.05) is 13.1 Å². The topological polar surface area (TPSA) is 141 Å². The molecular formula is C34H55N3O6. The van der Waals surface area contributed by atoms with Crippen LogP contribution in [0.5, 0.6) is 5.75 Å². The van der Waals surface area contributed by atoms with E-state index in [-0.39, 0.29) is 18.1 Å². The number of aliphatic carboxylic acids is 1. The van der Waals surface area contributed by atoms with Crippen LogP contribution in [0.1, 0.15) is 128 Å². The van der Waals surface area contributed by atoms with Crippen molar-refractivity contribution >= 4 is 23.7 Å². The van der Waals surface area contributed by atoms with E-state index in [0.717, 1.165) is 24.2 Å². The van der Waals surface area contributed by atoms with Gasteiger partial charge < -0.3 is 20.8 Å². The standard InChI is InChI=1S/C34H55N3O6/c1-2-3-4-5-6-7-8-9-10-11-12-13-14-15-16-19-31(39)36-24-17-18-29(36)33(41)37(32(40)26-35)30(34(42)43)25-27-20-22-28(38)23-21-27/h20-23,29-30,38H,2-19,24-26,35H2,1H3,(H,42,43)/t29-,30-/m0/s1. The van der Waals surface area contributed by atoms with E-state index in [1.54, 1.807) is 12.1 Å². The van der Waals surface area contributed by atoms with E-state index in [1.807, 2.05) is 0 Å². The van der Waals surface area contributed by atoms with Crippen LogP contribution in [0.15, 0.2) is 24.3 Å². The number of unbranched alkanes of at least 4 members (excludes halogenated alkanes) is 14. The van der Waals surface area contributed by atoms with Gasteiger partial charge in [0.1, 0.15) is 17.8 Å². The second-order valence-corrected chi connectivity index (χ2v) is 12.0. The number of hydrogen-bond acceptors (Lipinski definition) is 6. The van der Waals surface area contributed by atoms with Crippen molar-refractivity contribution in [1.82, 2.24) is 9.80 Å². The summed E-state index contributed by atoms with van der Waals surface area (Å²) in [5.41, 5.74) is 6.12. The molecule has 4 N–H and O–H groups in total. The Labute approximate surface area is 258 Å². The summed E-state index contributed by atoms with van der Waals surface area (Å²) >= 11 is 0. The third-order valence-corrected chi connectivity index (χ3v) is 8.50. The molecule has 1 aliphatic rings. The van der Waals surface area contributed by atoms with Gasteiger partial charge in [-0.05, 0) is 37.0 Å². The first-order chi connectivity index (χ1) is 20.8. The minimum Gasteiger partial charge on any atom is -0.508 e. The van der Waals surface area contributed by atoms with Gasteiger partial charge in [0.15, 0.2) is 0 Å². The van der Waals surface area contributed by atoms with Gasteiger partial charge in [-0.1, -0.05) is 109 Å². The average molecular weight is 602 g/mol. The molecule has 1 fully saturated rings. The van der Waals surface area contributed by atoms with E-state index in [1.165, 1.54) is 94.1 Å². The highest BCUT2D eigenvalue weighted by Crippen LogP contribution is 2.24. The SMILES string of the molecule is CCCCCCCCCCCCCCCCCC(=O)N1CCC[C@H]1C(=O)N(C(=O)CN)[C@@H](Cc1ccc(O)cc1)C(=O)O. The fraction of sp³-hybridized carbons (Fsp3) is 0.706. The fourth-order valence-corrected chi connectivity index (χ4v) is 5.97. The second-order valence-electron chi connectivity index (χ2n) is 12.0. The minimum atomic E-state index is -1.47. The maximum absolute atomic E-state index is 13.6. The number of amides is 3. The lowest BCUT2D eigenvalue weighted by molar-refractivity contribution is -0.160. The van der Waals surface area contributed by atoms with Crippen LogP contribution in [0.4, 0.5) is 0 Å². The maximum Gasteiger partial charge on any atom is 0.327 e. The van der Waals surface area contributed by atoms with Crippen molar-refractivity contribution in [3.05, 3.63) is 29.8 Å². The van der Waals surface area contributed by atoms with Gasteiger partial charge in [-0.2, -0.15) is 0 Å². The Kier molecular flexibility index (Phi) is 17.6. The second kappa shape index (κ2) is 20.9. The van der Waals surface area contributed by atoms with Gasteiger partial charge in [-0.3, -0.25) is 19.3 Å². The largest absolute Gasteiger partial charge is 0.508 e. The molecule has 9 heteroatoms. The molecule has 0 bridgehead atoms. The zero-order valence-corrected chi connectivity index (χ0v) is 26.3. The van der Waals surface area contributed by atoms with Gasteiger partial charge in [0.2, 0.25) is 11.8 Å². The van der Waals surface area contributed by atoms with Gasteiger partial charge in [-0.25, -0.2) is 4.79 Å². The summed E-state index contributed by atoms with van der Waals surface area (Å²) < 4.78 is 0. The summed E-state index contributed by atoms with van der Waals surface area (Å²) in [6.07, 6.45) is 19.8. The number of rotatable bonds is 22. The Morgan fingerprint density at radius 2 is 1.37 bits per heavy atom. The highest BCUT2D eigenvalue weighted by atomic mass is 16.4. The summed E-state index contributed by atoms with van der Waals surface area (Å²) in [5.74, 6) is -2.93. The summed E-state index contributed by atoms with van der Waals surface area (Å²) in [6, 6.07) is 3.58. The summed E-state index contributed by atoms with van der Waals surface area (Å²) in [6.45, 7) is 2.14. The summed E-state index contributed by atoms with van der Waals surface area (Å²) in [5, 5.41) is 19.5. The molecule has 0 radical (unpaired) electrons. The number of nitrogens with two attached hydrogens (primary N) is 1. The number of benzene rings is 1. The average Bonchev–Trinajstić information content (AvgIpc) is 3.49. The number of aromatic hydroxyl groups is 1. The number of hydrogen-bond donors (Lipinski definition) is 3. The Morgan fingerprint density at radius 3 is 1.86 bits per heavy atom. The van der Waals surface area contributed by atoms with E-state index in [0.29, 0.717) is 31.4 Å². The highest BCUT2D eigenvalue weighted by Gasteiger charge is 2.42. The molecule has 0 saturated carbocycles. The zero-order valence-electron chi connectivity index (χ0n) is 26.3. The quantitative estimate of drug-likeness (QED) is 0.139. The summed E-state index contributed by atoms with van der Waals surface area (Å²) in [7, 11) is 0. The van der Waals surface area contributed by atoms with Crippen molar-refractivity contribution in [2.45, 2.75) is 141 Å². The normalized spacial score (nSPS) is 15.4. The molecule has 1 heterocycles. The predicted octanol–water partition coefficient (Wildman–Crippen LogP) is 5.95. The number of nitrogens with zero attached hydrogens (tertiary/aromatic N) is 2. The van der Waals surface area contributed by atoms with E-state index < -0.39 is 36.4 Å². The van der Waals surface area contributed by atoms with Crippen LogP contribution in [0, 0.1) is 0 Å². The van der Waals surface area contributed by atoms with E-state index in [4.69, 9.17) is 5.73 Å². The van der Waals surface area contributed by atoms with Crippen molar-refractivity contribution in [3.63, 3.8) is 0 Å². The zero-order chi connectivity index (χ0) is 31.5. The Hall–Kier alpha value is -2.94. The molecule has 2 rings (SSSR count). The molecule has 1 aromatic carbocycles. The van der Waals surface area contributed by atoms with Crippen LogP contribution in [-0.2, 0) is 25.6 Å². The smallest absolute Gasteiger partial charge is 0.327 e. The van der Waals surface area contributed by atoms with Crippen LogP contribution in [0.25, 0.3) is 0 Å². The molecule has 0 aromatic heterocycles. The monoisotopic (exact) mass is 601 g/mol. The number of carboxylic acid groups (broad SMARTS) is 1. The van der Waals surface area contributed by atoms with Gasteiger partial charge >= 0.3 is 5.97 Å². The van der Waals surface area contributed by atoms with E-state index in [2.05, 4.69) is 6.92 Å². The number of carbonyl (C=O) groups is 4. The molecule has 3 amide bonds. The highest BCUT2D eigenvalue weighted by molar-refractivity contribution is 6.03. The molecule has 43 heavy (non-hydrogen) atoms. The van der Waals surface area contributed by atoms with Gasteiger partial charge in [0.25, 0.3) is 5.91 Å². The van der Waals surface area contributed by atoms with E-state index >= 15 is 0 Å². The third-order valence-electron chi connectivity index (χ3n) is 8.50. The van der Waals surface area contributed by atoms with E-state index in [9.17, 15) is 29.4 Å². The molecule has 9 nitrogen and oxygen atoms in total. The van der Waals surface area contributed by atoms with Crippen LogP contribution >= 0.6 is 0 Å². The molecule has 0 unspecified atom stereocenters. The Bertz CT molecular complexity index is 983. The number of imide groups is 1. The first kappa shape index (κ1) is 36.3. The lowest BCUT2D eigenvalue weighted by Crippen LogP contribution is -2.57. The molecule has 1 saturated heterocycles. The van der Waals surface area contributed by atoms with Crippen molar-refractivity contribution in [3.8, 4) is 5.75 Å². The number of phenolic OH excluding ortho intramolecular Hbond substituents is 1. The molecule has 1 aromatic rings. The summed E-state index contributed by atoms with van der Waals surface area (Å²) in [4.78, 5) is 54.0. The van der Waals surface area contributed by atoms with Gasteiger partial charge in [0.05, 0.1) is 6.54 Å². The van der Waals surface area contributed by atoms with Crippen LogP contribution < -0.4 is 5.73 Å². The predicted molar refractivity (Wildman–Crippen MR) is 168 cm³/mol. The number of carboxylic acids is 1. The minimum absolute atomic E-state index is 0.0239. The maximum atomic E-state index is 13.6. The number of carbonyl (C=O) groups excluding carboxylic acids is 3. The third kappa shape index (κ3) is 13.1. The Morgan fingerprint density at radius 1 is 0.860 bits per heavy atom. The van der Waals surface area contributed by atoms with Crippen LogP contribution in [0.3, 0.4) is 0 Å². The van der Waals surface area contributed by atoms with Crippen molar-refractivity contribution in [1.29, 1.82) is 0 Å². The number of likely N-dealkylation sites (tertiary alicyclic amines) is 1.